The molecule has 1 aromatic carbocycles. The van der Waals surface area contributed by atoms with Crippen molar-refractivity contribution in [2.45, 2.75) is 39.2 Å². The van der Waals surface area contributed by atoms with Crippen LogP contribution in [-0.2, 0) is 0 Å². The summed E-state index contributed by atoms with van der Waals surface area (Å²) >= 11 is 0. The Labute approximate surface area is 180 Å². The first-order valence-electron chi connectivity index (χ1n) is 10.4. The van der Waals surface area contributed by atoms with Crippen LogP contribution in [0.3, 0.4) is 0 Å². The normalized spacial score (nSPS) is 16.4. The van der Waals surface area contributed by atoms with E-state index in [0.29, 0.717) is 35.3 Å². The third-order valence-electron chi connectivity index (χ3n) is 5.52. The van der Waals surface area contributed by atoms with Gasteiger partial charge in [-0.15, -0.1) is 0 Å². The zero-order valence-corrected chi connectivity index (χ0v) is 18.2. The minimum absolute atomic E-state index is 0.196. The van der Waals surface area contributed by atoms with Gasteiger partial charge in [-0.25, -0.2) is 19.3 Å². The molecule has 3 aromatic rings. The number of carbonyl (C=O) groups excluding carboxylic acids is 1. The highest BCUT2D eigenvalue weighted by Gasteiger charge is 2.34. The van der Waals surface area contributed by atoms with Gasteiger partial charge in [0.1, 0.15) is 5.82 Å². The lowest BCUT2D eigenvalue weighted by Gasteiger charge is -2.36. The van der Waals surface area contributed by atoms with Crippen molar-refractivity contribution in [3.63, 3.8) is 0 Å². The van der Waals surface area contributed by atoms with Crippen molar-refractivity contribution in [3.05, 3.63) is 59.3 Å². The number of hydrogen-bond acceptors (Lipinski definition) is 6. The van der Waals surface area contributed by atoms with Crippen molar-refractivity contribution in [2.75, 3.05) is 25.5 Å². The molecule has 1 aliphatic heterocycles. The molecule has 31 heavy (non-hydrogen) atoms. The van der Waals surface area contributed by atoms with Crippen LogP contribution in [0.1, 0.15) is 53.1 Å². The van der Waals surface area contributed by atoms with Gasteiger partial charge in [-0.05, 0) is 43.9 Å². The number of halogens is 1. The Morgan fingerprint density at radius 3 is 2.71 bits per heavy atom. The first kappa shape index (κ1) is 21.0. The second-order valence-electron chi connectivity index (χ2n) is 8.03. The SMILES string of the molecule is Cc1nc(C)c(C(=O)N2CCCC[C@H]2c2nc(N(C)C)ncc2-c2cccc(F)c2)o1. The van der Waals surface area contributed by atoms with Crippen molar-refractivity contribution < 1.29 is 13.6 Å². The van der Waals surface area contributed by atoms with Crippen LogP contribution >= 0.6 is 0 Å². The van der Waals surface area contributed by atoms with Gasteiger partial charge in [0.2, 0.25) is 11.7 Å². The molecule has 0 unspecified atom stereocenters. The molecule has 8 heteroatoms. The third-order valence-corrected chi connectivity index (χ3v) is 5.52. The molecule has 4 rings (SSSR count). The van der Waals surface area contributed by atoms with E-state index in [1.165, 1.54) is 12.1 Å². The maximum Gasteiger partial charge on any atom is 0.292 e. The molecule has 0 N–H and O–H groups in total. The smallest absolute Gasteiger partial charge is 0.292 e. The summed E-state index contributed by atoms with van der Waals surface area (Å²) in [7, 11) is 3.73. The largest absolute Gasteiger partial charge is 0.436 e. The van der Waals surface area contributed by atoms with Crippen molar-refractivity contribution in [1.82, 2.24) is 19.9 Å². The van der Waals surface area contributed by atoms with E-state index in [0.717, 1.165) is 24.8 Å². The highest BCUT2D eigenvalue weighted by atomic mass is 19.1. The minimum atomic E-state index is -0.329. The molecule has 3 heterocycles. The number of aryl methyl sites for hydroxylation is 2. The van der Waals surface area contributed by atoms with Gasteiger partial charge in [-0.2, -0.15) is 0 Å². The Bertz CT molecular complexity index is 1110. The van der Waals surface area contributed by atoms with Crippen molar-refractivity contribution >= 4 is 11.9 Å². The van der Waals surface area contributed by atoms with E-state index < -0.39 is 0 Å². The fourth-order valence-electron chi connectivity index (χ4n) is 4.05. The number of carbonyl (C=O) groups is 1. The van der Waals surface area contributed by atoms with E-state index in [9.17, 15) is 9.18 Å². The van der Waals surface area contributed by atoms with Gasteiger partial charge < -0.3 is 14.2 Å². The molecule has 0 radical (unpaired) electrons. The maximum atomic E-state index is 14.0. The molecule has 0 saturated carbocycles. The zero-order valence-electron chi connectivity index (χ0n) is 18.2. The second kappa shape index (κ2) is 8.45. The highest BCUT2D eigenvalue weighted by Crippen LogP contribution is 2.37. The topological polar surface area (TPSA) is 75.4 Å². The molecule has 1 amide bonds. The van der Waals surface area contributed by atoms with Gasteiger partial charge in [-0.1, -0.05) is 12.1 Å². The Kier molecular flexibility index (Phi) is 5.71. The minimum Gasteiger partial charge on any atom is -0.436 e. The van der Waals surface area contributed by atoms with Gasteiger partial charge in [0, 0.05) is 39.3 Å². The van der Waals surface area contributed by atoms with Crippen LogP contribution in [0.4, 0.5) is 10.3 Å². The molecule has 0 bridgehead atoms. The van der Waals surface area contributed by atoms with E-state index >= 15 is 0 Å². The standard InChI is InChI=1S/C23H26FN5O2/c1-14-21(31-15(2)26-14)22(30)29-11-6-5-10-19(29)20-18(13-25-23(27-20)28(3)4)16-8-7-9-17(24)12-16/h7-9,12-13,19H,5-6,10-11H2,1-4H3/t19-/m0/s1. The Balaban J connectivity index is 1.82. The third kappa shape index (κ3) is 4.15. The maximum absolute atomic E-state index is 14.0. The first-order valence-corrected chi connectivity index (χ1v) is 10.4. The fourth-order valence-corrected chi connectivity index (χ4v) is 4.05. The van der Waals surface area contributed by atoms with Crippen LogP contribution in [0.2, 0.25) is 0 Å². The number of rotatable bonds is 4. The average Bonchev–Trinajstić information content (AvgIpc) is 3.10. The number of aromatic nitrogens is 3. The summed E-state index contributed by atoms with van der Waals surface area (Å²) in [5.74, 6) is 0.743. The van der Waals surface area contributed by atoms with E-state index in [1.807, 2.05) is 25.1 Å². The number of oxazole rings is 1. The van der Waals surface area contributed by atoms with Gasteiger partial charge in [0.15, 0.2) is 5.89 Å². The van der Waals surface area contributed by atoms with Crippen molar-refractivity contribution in [1.29, 1.82) is 0 Å². The first-order chi connectivity index (χ1) is 14.8. The summed E-state index contributed by atoms with van der Waals surface area (Å²) in [6.45, 7) is 4.09. The molecular formula is C23H26FN5O2. The van der Waals surface area contributed by atoms with Crippen LogP contribution in [0, 0.1) is 19.7 Å². The van der Waals surface area contributed by atoms with Crippen LogP contribution in [-0.4, -0.2) is 46.4 Å². The van der Waals surface area contributed by atoms with E-state index in [-0.39, 0.29) is 23.5 Å². The fraction of sp³-hybridized carbons (Fsp3) is 0.391. The van der Waals surface area contributed by atoms with Crippen molar-refractivity contribution in [2.24, 2.45) is 0 Å². The number of anilines is 1. The van der Waals surface area contributed by atoms with E-state index in [4.69, 9.17) is 9.40 Å². The Morgan fingerprint density at radius 2 is 2.03 bits per heavy atom. The van der Waals surface area contributed by atoms with Crippen LogP contribution < -0.4 is 4.90 Å². The lowest BCUT2D eigenvalue weighted by molar-refractivity contribution is 0.0572. The quantitative estimate of drug-likeness (QED) is 0.622. The second-order valence-corrected chi connectivity index (χ2v) is 8.03. The Morgan fingerprint density at radius 1 is 1.23 bits per heavy atom. The van der Waals surface area contributed by atoms with Crippen LogP contribution in [0.5, 0.6) is 0 Å². The molecule has 1 fully saturated rings. The van der Waals surface area contributed by atoms with Gasteiger partial charge >= 0.3 is 0 Å². The lowest BCUT2D eigenvalue weighted by Crippen LogP contribution is -2.39. The number of nitrogens with zero attached hydrogens (tertiary/aromatic N) is 5. The van der Waals surface area contributed by atoms with Gasteiger partial charge in [-0.3, -0.25) is 4.79 Å². The highest BCUT2D eigenvalue weighted by molar-refractivity contribution is 5.93. The number of benzene rings is 1. The molecule has 2 aromatic heterocycles. The average molecular weight is 423 g/mol. The summed E-state index contributed by atoms with van der Waals surface area (Å²) in [5, 5.41) is 0. The molecule has 162 valence electrons. The van der Waals surface area contributed by atoms with Gasteiger partial charge in [0.25, 0.3) is 5.91 Å². The van der Waals surface area contributed by atoms with Crippen LogP contribution in [0.15, 0.2) is 34.9 Å². The number of amides is 1. The molecular weight excluding hydrogens is 397 g/mol. The van der Waals surface area contributed by atoms with E-state index in [2.05, 4.69) is 9.97 Å². The number of likely N-dealkylation sites (tertiary alicyclic amines) is 1. The van der Waals surface area contributed by atoms with E-state index in [1.54, 1.807) is 31.0 Å². The van der Waals surface area contributed by atoms with Gasteiger partial charge in [0.05, 0.1) is 17.4 Å². The monoisotopic (exact) mass is 423 g/mol. The summed E-state index contributed by atoms with van der Waals surface area (Å²) in [5.41, 5.74) is 2.70. The molecule has 0 aliphatic carbocycles. The summed E-state index contributed by atoms with van der Waals surface area (Å²) in [6, 6.07) is 6.10. The predicted octanol–water partition coefficient (Wildman–Crippen LogP) is 4.32. The molecule has 1 aliphatic rings. The molecule has 7 nitrogen and oxygen atoms in total. The summed E-state index contributed by atoms with van der Waals surface area (Å²) in [6.07, 6.45) is 4.33. The molecule has 1 saturated heterocycles. The zero-order chi connectivity index (χ0) is 22.1. The summed E-state index contributed by atoms with van der Waals surface area (Å²) in [4.78, 5) is 30.5. The predicted molar refractivity (Wildman–Crippen MR) is 115 cm³/mol. The van der Waals surface area contributed by atoms with Crippen molar-refractivity contribution in [3.8, 4) is 11.1 Å². The lowest BCUT2D eigenvalue weighted by atomic mass is 9.93. The van der Waals surface area contributed by atoms with Crippen LogP contribution in [0.25, 0.3) is 11.1 Å². The summed E-state index contributed by atoms with van der Waals surface area (Å²) < 4.78 is 19.6. The Hall–Kier alpha value is -3.29. The number of piperidine rings is 1. The molecule has 1 atom stereocenters. The number of hydrogen-bond donors (Lipinski definition) is 0. The molecule has 0 spiro atoms.